The Labute approximate surface area is 190 Å². The van der Waals surface area contributed by atoms with Crippen LogP contribution in [0.4, 0.5) is 0 Å². The highest BCUT2D eigenvalue weighted by Crippen LogP contribution is 2.23. The van der Waals surface area contributed by atoms with E-state index in [0.29, 0.717) is 5.02 Å². The van der Waals surface area contributed by atoms with Crippen molar-refractivity contribution in [3.05, 3.63) is 82.2 Å². The van der Waals surface area contributed by atoms with Gasteiger partial charge in [0.25, 0.3) is 11.8 Å². The number of amides is 2. The van der Waals surface area contributed by atoms with Gasteiger partial charge in [0.05, 0.1) is 4.90 Å². The van der Waals surface area contributed by atoms with Crippen molar-refractivity contribution >= 4 is 33.3 Å². The van der Waals surface area contributed by atoms with Gasteiger partial charge in [-0.1, -0.05) is 47.1 Å². The third-order valence-electron chi connectivity index (χ3n) is 4.41. The molecule has 1 heterocycles. The molecule has 0 aliphatic rings. The van der Waals surface area contributed by atoms with Gasteiger partial charge in [-0.2, -0.15) is 0 Å². The number of nitrogens with one attached hydrogen (secondary N) is 2. The van der Waals surface area contributed by atoms with E-state index in [2.05, 4.69) is 15.8 Å². The van der Waals surface area contributed by atoms with Crippen LogP contribution >= 0.6 is 11.6 Å². The smallest absolute Gasteiger partial charge is 0.291 e. The van der Waals surface area contributed by atoms with Crippen molar-refractivity contribution in [2.75, 3.05) is 0 Å². The van der Waals surface area contributed by atoms with E-state index in [1.807, 2.05) is 30.3 Å². The quantitative estimate of drug-likeness (QED) is 0.515. The highest BCUT2D eigenvalue weighted by atomic mass is 35.5. The predicted molar refractivity (Wildman–Crippen MR) is 119 cm³/mol. The summed E-state index contributed by atoms with van der Waals surface area (Å²) in [6, 6.07) is 14.5. The third kappa shape index (κ3) is 5.74. The minimum absolute atomic E-state index is 0.00944. The van der Waals surface area contributed by atoms with Crippen LogP contribution in [0.1, 0.15) is 46.0 Å². The van der Waals surface area contributed by atoms with E-state index in [0.717, 1.165) is 5.56 Å². The van der Waals surface area contributed by atoms with Crippen molar-refractivity contribution in [3.63, 3.8) is 0 Å². The van der Waals surface area contributed by atoms with Crippen LogP contribution < -0.4 is 10.6 Å². The van der Waals surface area contributed by atoms with Crippen molar-refractivity contribution in [2.45, 2.75) is 37.1 Å². The molecule has 2 amide bonds. The molecule has 0 saturated heterocycles. The zero-order valence-corrected chi connectivity index (χ0v) is 19.0. The average molecular weight is 476 g/mol. The molecule has 2 N–H and O–H groups in total. The number of hydrogen-bond acceptors (Lipinski definition) is 6. The van der Waals surface area contributed by atoms with E-state index >= 15 is 0 Å². The number of carbonyl (C=O) groups is 2. The van der Waals surface area contributed by atoms with Crippen LogP contribution in [0.15, 0.2) is 64.0 Å². The summed E-state index contributed by atoms with van der Waals surface area (Å²) < 4.78 is 30.8. The van der Waals surface area contributed by atoms with Crippen molar-refractivity contribution in [1.29, 1.82) is 0 Å². The van der Waals surface area contributed by atoms with Crippen LogP contribution in [0.3, 0.4) is 0 Å². The first-order valence-electron chi connectivity index (χ1n) is 9.77. The number of aromatic nitrogens is 1. The number of halogens is 1. The molecule has 168 valence electrons. The molecule has 10 heteroatoms. The third-order valence-corrected chi connectivity index (χ3v) is 6.31. The maximum Gasteiger partial charge on any atom is 0.291 e. The Balaban J connectivity index is 1.90. The van der Waals surface area contributed by atoms with Crippen LogP contribution in [-0.2, 0) is 22.1 Å². The molecule has 8 nitrogen and oxygen atoms in total. The van der Waals surface area contributed by atoms with Gasteiger partial charge in [0.2, 0.25) is 5.76 Å². The molecule has 3 rings (SSSR count). The topological polar surface area (TPSA) is 118 Å². The minimum Gasteiger partial charge on any atom is -0.350 e. The van der Waals surface area contributed by atoms with E-state index in [9.17, 15) is 18.0 Å². The van der Waals surface area contributed by atoms with E-state index < -0.39 is 27.4 Å². The predicted octanol–water partition coefficient (Wildman–Crippen LogP) is 3.37. The van der Waals surface area contributed by atoms with Crippen molar-refractivity contribution in [2.24, 2.45) is 0 Å². The first-order valence-corrected chi connectivity index (χ1v) is 11.8. The molecule has 0 radical (unpaired) electrons. The normalized spacial score (nSPS) is 11.4. The van der Waals surface area contributed by atoms with Crippen LogP contribution in [0, 0.1) is 0 Å². The lowest BCUT2D eigenvalue weighted by molar-refractivity contribution is 0.0886. The molecular weight excluding hydrogens is 454 g/mol. The lowest BCUT2D eigenvalue weighted by Gasteiger charge is -2.10. The molecule has 0 unspecified atom stereocenters. The molecule has 3 aromatic rings. The molecule has 2 aromatic carbocycles. The fourth-order valence-electron chi connectivity index (χ4n) is 2.91. The van der Waals surface area contributed by atoms with Gasteiger partial charge >= 0.3 is 0 Å². The lowest BCUT2D eigenvalue weighted by atomic mass is 10.1. The zero-order chi connectivity index (χ0) is 23.3. The molecule has 0 fully saturated rings. The Kier molecular flexibility index (Phi) is 7.32. The van der Waals surface area contributed by atoms with Gasteiger partial charge in [-0.15, -0.1) is 0 Å². The minimum atomic E-state index is -3.88. The fourth-order valence-corrected chi connectivity index (χ4v) is 4.31. The average Bonchev–Trinajstić information content (AvgIpc) is 3.15. The highest BCUT2D eigenvalue weighted by molar-refractivity contribution is 7.90. The van der Waals surface area contributed by atoms with Gasteiger partial charge < -0.3 is 15.2 Å². The molecule has 0 saturated carbocycles. The lowest BCUT2D eigenvalue weighted by Crippen LogP contribution is -2.33. The molecule has 0 bridgehead atoms. The zero-order valence-electron chi connectivity index (χ0n) is 17.5. The molecule has 0 atom stereocenters. The summed E-state index contributed by atoms with van der Waals surface area (Å²) in [7, 11) is -3.88. The standard InChI is InChI=1S/C22H22ClN3O5S/c1-14(2)25-21(27)19-18(13-32(29,30)17-10-8-16(23)9-11-17)26-31-20(19)22(28)24-12-15-6-4-3-5-7-15/h3-11,14H,12-13H2,1-2H3,(H,24,28)(H,25,27). The number of sulfone groups is 1. The molecule has 0 aliphatic heterocycles. The number of benzene rings is 2. The molecule has 32 heavy (non-hydrogen) atoms. The summed E-state index contributed by atoms with van der Waals surface area (Å²) in [6.07, 6.45) is 0. The summed E-state index contributed by atoms with van der Waals surface area (Å²) in [5.74, 6) is -2.29. The second-order valence-electron chi connectivity index (χ2n) is 7.34. The van der Waals surface area contributed by atoms with Crippen molar-refractivity contribution in [3.8, 4) is 0 Å². The largest absolute Gasteiger partial charge is 0.350 e. The first kappa shape index (κ1) is 23.5. The maximum absolute atomic E-state index is 12.8. The second kappa shape index (κ2) is 9.97. The molecular formula is C22H22ClN3O5S. The first-order chi connectivity index (χ1) is 15.2. The van der Waals surface area contributed by atoms with Gasteiger partial charge in [-0.05, 0) is 43.7 Å². The van der Waals surface area contributed by atoms with Gasteiger partial charge in [0.15, 0.2) is 9.84 Å². The number of nitrogens with zero attached hydrogens (tertiary/aromatic N) is 1. The Morgan fingerprint density at radius 1 is 1.03 bits per heavy atom. The van der Waals surface area contributed by atoms with Gasteiger partial charge in [0.1, 0.15) is 17.0 Å². The Morgan fingerprint density at radius 2 is 1.69 bits per heavy atom. The highest BCUT2D eigenvalue weighted by Gasteiger charge is 2.31. The Morgan fingerprint density at radius 3 is 2.31 bits per heavy atom. The van der Waals surface area contributed by atoms with Gasteiger partial charge in [0, 0.05) is 17.6 Å². The van der Waals surface area contributed by atoms with Crippen molar-refractivity contribution in [1.82, 2.24) is 15.8 Å². The summed E-state index contributed by atoms with van der Waals surface area (Å²) in [5.41, 5.74) is 0.490. The van der Waals surface area contributed by atoms with Crippen LogP contribution in [0.5, 0.6) is 0 Å². The maximum atomic E-state index is 12.8. The second-order valence-corrected chi connectivity index (χ2v) is 9.77. The Hall–Kier alpha value is -3.17. The fraction of sp³-hybridized carbons (Fsp3) is 0.227. The monoisotopic (exact) mass is 475 g/mol. The Bertz CT molecular complexity index is 1210. The van der Waals surface area contributed by atoms with Gasteiger partial charge in [-0.25, -0.2) is 8.42 Å². The summed E-state index contributed by atoms with van der Waals surface area (Å²) in [6.45, 7) is 3.68. The van der Waals surface area contributed by atoms with Gasteiger partial charge in [-0.3, -0.25) is 9.59 Å². The number of carbonyl (C=O) groups excluding carboxylic acids is 2. The molecule has 0 spiro atoms. The van der Waals surface area contributed by atoms with Crippen LogP contribution in [0.25, 0.3) is 0 Å². The summed E-state index contributed by atoms with van der Waals surface area (Å²) in [5, 5.41) is 9.45. The van der Waals surface area contributed by atoms with E-state index in [-0.39, 0.29) is 34.5 Å². The van der Waals surface area contributed by atoms with E-state index in [1.165, 1.54) is 24.3 Å². The van der Waals surface area contributed by atoms with Crippen LogP contribution in [0.2, 0.25) is 5.02 Å². The SMILES string of the molecule is CC(C)NC(=O)c1c(CS(=O)(=O)c2ccc(Cl)cc2)noc1C(=O)NCc1ccccc1. The number of rotatable bonds is 8. The van der Waals surface area contributed by atoms with Crippen LogP contribution in [-0.4, -0.2) is 31.4 Å². The van der Waals surface area contributed by atoms with E-state index in [4.69, 9.17) is 16.1 Å². The molecule has 0 aliphatic carbocycles. The molecule has 1 aromatic heterocycles. The van der Waals surface area contributed by atoms with E-state index in [1.54, 1.807) is 13.8 Å². The summed E-state index contributed by atoms with van der Waals surface area (Å²) >= 11 is 5.83. The number of hydrogen-bond donors (Lipinski definition) is 2. The van der Waals surface area contributed by atoms with Crippen molar-refractivity contribution < 1.29 is 22.5 Å². The summed E-state index contributed by atoms with van der Waals surface area (Å²) in [4.78, 5) is 25.5.